The molecule has 2 radical (unpaired) electrons. The normalized spacial score (nSPS) is 10.3. The molecule has 0 fully saturated rings. The first kappa shape index (κ1) is 39.9. The van der Waals surface area contributed by atoms with Gasteiger partial charge in [-0.2, -0.15) is 0 Å². The summed E-state index contributed by atoms with van der Waals surface area (Å²) in [6.45, 7) is 16.7. The van der Waals surface area contributed by atoms with Gasteiger partial charge >= 0.3 is 46.7 Å². The van der Waals surface area contributed by atoms with Crippen LogP contribution in [0.4, 0.5) is 0 Å². The van der Waals surface area contributed by atoms with Crippen LogP contribution in [-0.2, 0) is 0 Å². The molecule has 0 unspecified atom stereocenters. The number of hydrogen-bond acceptors (Lipinski definition) is 3. The molecule has 0 atom stereocenters. The van der Waals surface area contributed by atoms with Crippen molar-refractivity contribution in [1.29, 1.82) is 0 Å². The molecular formula is C28H64O3Sn. The van der Waals surface area contributed by atoms with Gasteiger partial charge in [-0.3, -0.25) is 0 Å². The van der Waals surface area contributed by atoms with Crippen LogP contribution in [0.15, 0.2) is 0 Å². The number of unbranched alkanes of at least 4 members (excludes halogenated alkanes) is 7. The van der Waals surface area contributed by atoms with Crippen LogP contribution in [0.5, 0.6) is 0 Å². The van der Waals surface area contributed by atoms with Gasteiger partial charge in [-0.25, -0.2) is 0 Å². The molecule has 0 aromatic carbocycles. The van der Waals surface area contributed by atoms with Crippen LogP contribution in [-0.4, -0.2) is 57.7 Å². The summed E-state index contributed by atoms with van der Waals surface area (Å²) >= 11 is 1.45. The summed E-state index contributed by atoms with van der Waals surface area (Å²) in [6.07, 6.45) is 17.1. The quantitative estimate of drug-likeness (QED) is 0.125. The Labute approximate surface area is 217 Å². The van der Waals surface area contributed by atoms with Crippen molar-refractivity contribution in [2.75, 3.05) is 19.8 Å². The van der Waals surface area contributed by atoms with Gasteiger partial charge in [0, 0.05) is 19.8 Å². The maximum atomic E-state index is 8.43. The summed E-state index contributed by atoms with van der Waals surface area (Å²) in [5.74, 6) is 2.47. The van der Waals surface area contributed by atoms with Crippen LogP contribution in [0.3, 0.4) is 0 Å². The first-order chi connectivity index (χ1) is 15.2. The van der Waals surface area contributed by atoms with E-state index in [0.717, 1.165) is 37.0 Å². The molecule has 0 heterocycles. The molecule has 0 aliphatic rings. The second-order valence-electron chi connectivity index (χ2n) is 10.0. The van der Waals surface area contributed by atoms with Crippen LogP contribution < -0.4 is 0 Å². The number of rotatable bonds is 17. The Balaban J connectivity index is -0.000000167. The monoisotopic (exact) mass is 568 g/mol. The Morgan fingerprint density at radius 1 is 0.469 bits per heavy atom. The molecule has 0 aliphatic heterocycles. The van der Waals surface area contributed by atoms with Gasteiger partial charge in [0.2, 0.25) is 0 Å². The van der Waals surface area contributed by atoms with Gasteiger partial charge in [-0.05, 0) is 37.0 Å². The van der Waals surface area contributed by atoms with Crippen molar-refractivity contribution in [1.82, 2.24) is 0 Å². The zero-order chi connectivity index (χ0) is 25.5. The van der Waals surface area contributed by atoms with Gasteiger partial charge in [0.1, 0.15) is 0 Å². The van der Waals surface area contributed by atoms with E-state index in [2.05, 4.69) is 48.5 Å². The van der Waals surface area contributed by atoms with Crippen molar-refractivity contribution in [3.8, 4) is 0 Å². The van der Waals surface area contributed by atoms with Gasteiger partial charge in [0.25, 0.3) is 0 Å². The van der Waals surface area contributed by atoms with Crippen molar-refractivity contribution in [2.24, 2.45) is 17.8 Å². The van der Waals surface area contributed by atoms with E-state index in [0.29, 0.717) is 19.8 Å². The van der Waals surface area contributed by atoms with E-state index >= 15 is 0 Å². The minimum absolute atomic E-state index is 0.359. The predicted octanol–water partition coefficient (Wildman–Crippen LogP) is 7.69. The molecule has 0 bridgehead atoms. The molecule has 0 amide bonds. The first-order valence-corrected chi connectivity index (χ1v) is 16.1. The molecule has 3 N–H and O–H groups in total. The third-order valence-electron chi connectivity index (χ3n) is 4.88. The molecule has 3 nitrogen and oxygen atoms in total. The third kappa shape index (κ3) is 63.2. The van der Waals surface area contributed by atoms with Crippen LogP contribution in [0, 0.1) is 17.8 Å². The second kappa shape index (κ2) is 38.9. The van der Waals surface area contributed by atoms with E-state index < -0.39 is 0 Å². The molecule has 0 spiro atoms. The van der Waals surface area contributed by atoms with Gasteiger partial charge in [-0.1, -0.05) is 99.3 Å². The molecule has 198 valence electrons. The summed E-state index contributed by atoms with van der Waals surface area (Å²) in [5, 5.41) is 25.3. The average molecular weight is 568 g/mol. The Bertz CT molecular complexity index is 231. The van der Waals surface area contributed by atoms with E-state index in [-0.39, 0.29) is 0 Å². The van der Waals surface area contributed by atoms with Crippen molar-refractivity contribution < 1.29 is 15.3 Å². The average Bonchev–Trinajstić information content (AvgIpc) is 2.73. The van der Waals surface area contributed by atoms with Crippen LogP contribution in [0.25, 0.3) is 0 Å². The molecular weight excluding hydrogens is 503 g/mol. The van der Waals surface area contributed by atoms with Crippen molar-refractivity contribution >= 4 is 22.5 Å². The molecule has 0 aromatic heterocycles. The number of aliphatic hydroxyl groups is 3. The summed E-state index contributed by atoms with van der Waals surface area (Å²) < 4.78 is 1.47. The van der Waals surface area contributed by atoms with Crippen molar-refractivity contribution in [3.63, 3.8) is 0 Å². The van der Waals surface area contributed by atoms with E-state index in [4.69, 9.17) is 15.3 Å². The van der Waals surface area contributed by atoms with Gasteiger partial charge in [-0.15, -0.1) is 0 Å². The van der Waals surface area contributed by atoms with E-state index in [1.165, 1.54) is 97.6 Å². The number of aliphatic hydroxyl groups excluding tert-OH is 3. The van der Waals surface area contributed by atoms with Crippen LogP contribution in [0.2, 0.25) is 4.44 Å². The Morgan fingerprint density at radius 2 is 0.750 bits per heavy atom. The van der Waals surface area contributed by atoms with E-state index in [1.54, 1.807) is 0 Å². The van der Waals surface area contributed by atoms with E-state index in [9.17, 15) is 0 Å². The number of hydrogen-bond donors (Lipinski definition) is 3. The molecule has 4 heteroatoms. The van der Waals surface area contributed by atoms with Crippen molar-refractivity contribution in [2.45, 2.75) is 143 Å². The van der Waals surface area contributed by atoms with E-state index in [1.807, 2.05) is 0 Å². The van der Waals surface area contributed by atoms with Gasteiger partial charge in [0.05, 0.1) is 0 Å². The summed E-state index contributed by atoms with van der Waals surface area (Å²) in [5.41, 5.74) is 0. The molecule has 0 rings (SSSR count). The molecule has 0 aliphatic carbocycles. The fraction of sp³-hybridized carbons (Fsp3) is 1.00. The van der Waals surface area contributed by atoms with Gasteiger partial charge < -0.3 is 15.3 Å². The molecule has 32 heavy (non-hydrogen) atoms. The first-order valence-electron chi connectivity index (χ1n) is 13.8. The maximum absolute atomic E-state index is 8.43. The zero-order valence-corrected chi connectivity index (χ0v) is 26.7. The third-order valence-corrected chi connectivity index (χ3v) is 6.04. The van der Waals surface area contributed by atoms with Crippen molar-refractivity contribution in [3.05, 3.63) is 0 Å². The zero-order valence-electron chi connectivity index (χ0n) is 23.4. The molecule has 0 saturated heterocycles. The summed E-state index contributed by atoms with van der Waals surface area (Å²) in [4.78, 5) is 0. The Kier molecular flexibility index (Phi) is 48.5. The van der Waals surface area contributed by atoms with Crippen LogP contribution in [0.1, 0.15) is 138 Å². The topological polar surface area (TPSA) is 60.7 Å². The fourth-order valence-corrected chi connectivity index (χ4v) is 3.89. The SMILES string of the molecule is CC(C)CCCCCO.CC(C)CCCCCO.CC(C)CCCCCO.CCC[CH2][SnH]. The molecule has 0 saturated carbocycles. The summed E-state index contributed by atoms with van der Waals surface area (Å²) in [7, 11) is 0. The summed E-state index contributed by atoms with van der Waals surface area (Å²) in [6, 6.07) is 0. The standard InChI is InChI=1S/3C8H18O.C4H9.Sn.H/c3*1-8(2)6-4-3-5-7-9;1-3-4-2;;/h3*8-9H,3-7H2,1-2H3;1,3-4H2,2H3;;. The van der Waals surface area contributed by atoms with Crippen LogP contribution >= 0.6 is 0 Å². The Morgan fingerprint density at radius 3 is 0.875 bits per heavy atom. The Hall–Kier alpha value is 0.679. The predicted molar refractivity (Wildman–Crippen MR) is 148 cm³/mol. The minimum atomic E-state index is 0.359. The fourth-order valence-electron chi connectivity index (χ4n) is 2.73. The molecule has 0 aromatic rings. The second-order valence-corrected chi connectivity index (χ2v) is 11.7. The van der Waals surface area contributed by atoms with Gasteiger partial charge in [0.15, 0.2) is 0 Å².